The molecule has 0 aliphatic carbocycles. The molecule has 0 bridgehead atoms. The molecule has 252 valence electrons. The highest BCUT2D eigenvalue weighted by Gasteiger charge is 2.47. The molecule has 3 fully saturated rings. The lowest BCUT2D eigenvalue weighted by molar-refractivity contribution is -0.145. The van der Waals surface area contributed by atoms with Crippen molar-refractivity contribution in [2.45, 2.75) is 90.2 Å². The zero-order chi connectivity index (χ0) is 33.2. The molecule has 12 heteroatoms. The second kappa shape index (κ2) is 14.0. The molecule has 1 aromatic carbocycles. The quantitative estimate of drug-likeness (QED) is 0.310. The van der Waals surface area contributed by atoms with Gasteiger partial charge < -0.3 is 26.0 Å². The standard InChI is InChI=1S/C34H49FN6O4S/c1-21(24-6-8-25(9-7-24)29-22(2)37-20-46-29)38-31(44)27-14-26(42)16-41(27)32(45)30(33(3,4)5)39-28(43)17-40-18-34(35,19-40)15-23-10-12-36-13-11-23/h6-9,20-21,23,26-27,30,36,42H,10-19H2,1-5H3,(H,38,44)(H,39,43)/t21?,26-,27+,30?/m1/s1. The first-order chi connectivity index (χ1) is 21.7. The summed E-state index contributed by atoms with van der Waals surface area (Å²) in [6.45, 7) is 11.7. The van der Waals surface area contributed by atoms with Crippen LogP contribution in [-0.2, 0) is 14.4 Å². The van der Waals surface area contributed by atoms with Crippen LogP contribution >= 0.6 is 11.3 Å². The summed E-state index contributed by atoms with van der Waals surface area (Å²) in [6.07, 6.45) is 1.73. The van der Waals surface area contributed by atoms with Gasteiger partial charge in [0, 0.05) is 26.1 Å². The predicted octanol–water partition coefficient (Wildman–Crippen LogP) is 3.20. The normalized spacial score (nSPS) is 23.4. The van der Waals surface area contributed by atoms with Crippen LogP contribution in [0.2, 0.25) is 0 Å². The molecule has 5 rings (SSSR count). The van der Waals surface area contributed by atoms with Gasteiger partial charge in [0.25, 0.3) is 0 Å². The van der Waals surface area contributed by atoms with Crippen molar-refractivity contribution in [2.75, 3.05) is 39.3 Å². The number of benzene rings is 1. The van der Waals surface area contributed by atoms with Crippen LogP contribution in [0.3, 0.4) is 0 Å². The Morgan fingerprint density at radius 1 is 1.15 bits per heavy atom. The molecule has 3 aliphatic rings. The summed E-state index contributed by atoms with van der Waals surface area (Å²) in [4.78, 5) is 49.2. The van der Waals surface area contributed by atoms with E-state index < -0.39 is 35.2 Å². The van der Waals surface area contributed by atoms with Crippen LogP contribution in [0.15, 0.2) is 29.8 Å². The lowest BCUT2D eigenvalue weighted by Gasteiger charge is -2.46. The van der Waals surface area contributed by atoms with Crippen molar-refractivity contribution in [3.63, 3.8) is 0 Å². The Balaban J connectivity index is 1.17. The first kappa shape index (κ1) is 34.4. The maximum atomic E-state index is 15.3. The first-order valence-electron chi connectivity index (χ1n) is 16.4. The van der Waals surface area contributed by atoms with Crippen LogP contribution < -0.4 is 16.0 Å². The minimum atomic E-state index is -1.27. The highest BCUT2D eigenvalue weighted by atomic mass is 32.1. The van der Waals surface area contributed by atoms with Gasteiger partial charge in [0.15, 0.2) is 0 Å². The van der Waals surface area contributed by atoms with Gasteiger partial charge in [-0.15, -0.1) is 11.3 Å². The van der Waals surface area contributed by atoms with Gasteiger partial charge >= 0.3 is 0 Å². The number of hydrogen-bond donors (Lipinski definition) is 4. The number of carbonyl (C=O) groups excluding carboxylic acids is 3. The number of aryl methyl sites for hydroxylation is 1. The Bertz CT molecular complexity index is 1380. The average molecular weight is 657 g/mol. The third-order valence-corrected chi connectivity index (χ3v) is 10.5. The van der Waals surface area contributed by atoms with E-state index in [-0.39, 0.29) is 50.5 Å². The van der Waals surface area contributed by atoms with Gasteiger partial charge in [-0.2, -0.15) is 0 Å². The Kier molecular flexibility index (Phi) is 10.5. The van der Waals surface area contributed by atoms with E-state index in [4.69, 9.17) is 0 Å². The zero-order valence-electron chi connectivity index (χ0n) is 27.6. The van der Waals surface area contributed by atoms with Crippen LogP contribution in [0.4, 0.5) is 4.39 Å². The molecule has 1 aromatic heterocycles. The third kappa shape index (κ3) is 8.13. The smallest absolute Gasteiger partial charge is 0.246 e. The van der Waals surface area contributed by atoms with Crippen molar-refractivity contribution in [2.24, 2.45) is 11.3 Å². The van der Waals surface area contributed by atoms with Gasteiger partial charge in [-0.3, -0.25) is 19.3 Å². The summed E-state index contributed by atoms with van der Waals surface area (Å²) in [5, 5.41) is 19.8. The van der Waals surface area contributed by atoms with E-state index in [1.54, 1.807) is 16.2 Å². The average Bonchev–Trinajstić information content (AvgIpc) is 3.60. The molecule has 0 radical (unpaired) electrons. The molecule has 4 heterocycles. The van der Waals surface area contributed by atoms with Gasteiger partial charge in [-0.25, -0.2) is 9.37 Å². The second-order valence-corrected chi connectivity index (χ2v) is 15.4. The fourth-order valence-corrected chi connectivity index (χ4v) is 7.84. The molecule has 3 saturated heterocycles. The first-order valence-corrected chi connectivity index (χ1v) is 17.3. The fraction of sp³-hybridized carbons (Fsp3) is 0.647. The van der Waals surface area contributed by atoms with Crippen LogP contribution in [0.5, 0.6) is 0 Å². The number of nitrogens with one attached hydrogen (secondary N) is 3. The number of nitrogens with zero attached hydrogens (tertiary/aromatic N) is 3. The van der Waals surface area contributed by atoms with Crippen molar-refractivity contribution >= 4 is 29.1 Å². The second-order valence-electron chi connectivity index (χ2n) is 14.6. The monoisotopic (exact) mass is 656 g/mol. The summed E-state index contributed by atoms with van der Waals surface area (Å²) in [7, 11) is 0. The van der Waals surface area contributed by atoms with Crippen molar-refractivity contribution < 1.29 is 23.9 Å². The molecule has 2 unspecified atom stereocenters. The van der Waals surface area contributed by atoms with Gasteiger partial charge in [0.05, 0.1) is 34.8 Å². The van der Waals surface area contributed by atoms with E-state index in [1.807, 2.05) is 64.4 Å². The largest absolute Gasteiger partial charge is 0.391 e. The third-order valence-electron chi connectivity index (χ3n) is 9.55. The van der Waals surface area contributed by atoms with Crippen molar-refractivity contribution in [1.29, 1.82) is 0 Å². The van der Waals surface area contributed by atoms with E-state index in [1.165, 1.54) is 4.90 Å². The summed E-state index contributed by atoms with van der Waals surface area (Å²) in [5.74, 6) is -0.757. The maximum absolute atomic E-state index is 15.3. The van der Waals surface area contributed by atoms with Gasteiger partial charge in [-0.05, 0) is 68.7 Å². The van der Waals surface area contributed by atoms with E-state index in [0.717, 1.165) is 47.6 Å². The summed E-state index contributed by atoms with van der Waals surface area (Å²) in [6, 6.07) is 5.82. The summed E-state index contributed by atoms with van der Waals surface area (Å²) >= 11 is 1.58. The number of rotatable bonds is 10. The predicted molar refractivity (Wildman–Crippen MR) is 177 cm³/mol. The molecular formula is C34H49FN6O4S. The number of aromatic nitrogens is 1. The molecule has 10 nitrogen and oxygen atoms in total. The number of carbonyl (C=O) groups is 3. The number of likely N-dealkylation sites (tertiary alicyclic amines) is 2. The highest BCUT2D eigenvalue weighted by molar-refractivity contribution is 7.13. The number of aliphatic hydroxyl groups excluding tert-OH is 1. The van der Waals surface area contributed by atoms with E-state index in [9.17, 15) is 19.5 Å². The lowest BCUT2D eigenvalue weighted by Crippen LogP contribution is -2.63. The minimum absolute atomic E-state index is 0.00314. The molecule has 3 aliphatic heterocycles. The van der Waals surface area contributed by atoms with E-state index in [2.05, 4.69) is 20.9 Å². The molecule has 2 aromatic rings. The SMILES string of the molecule is Cc1ncsc1-c1ccc(C(C)NC(=O)[C@@H]2C[C@@H](O)CN2C(=O)C(NC(=O)CN2CC(F)(CC3CCNCC3)C2)C(C)(C)C)cc1. The van der Waals surface area contributed by atoms with Gasteiger partial charge in [0.1, 0.15) is 17.8 Å². The number of amides is 3. The molecule has 0 saturated carbocycles. The lowest BCUT2D eigenvalue weighted by atomic mass is 9.81. The van der Waals surface area contributed by atoms with Crippen LogP contribution in [0.1, 0.15) is 70.7 Å². The van der Waals surface area contributed by atoms with Crippen LogP contribution in [0, 0.1) is 18.3 Å². The minimum Gasteiger partial charge on any atom is -0.391 e. The van der Waals surface area contributed by atoms with E-state index >= 15 is 4.39 Å². The number of hydrogen-bond acceptors (Lipinski definition) is 8. The number of aliphatic hydroxyl groups is 1. The number of alkyl halides is 1. The Labute approximate surface area is 275 Å². The molecule has 3 amide bonds. The van der Waals surface area contributed by atoms with Gasteiger partial charge in [0.2, 0.25) is 17.7 Å². The molecule has 0 spiro atoms. The van der Waals surface area contributed by atoms with Crippen molar-refractivity contribution in [1.82, 2.24) is 30.7 Å². The zero-order valence-corrected chi connectivity index (χ0v) is 28.5. The summed E-state index contributed by atoms with van der Waals surface area (Å²) in [5.41, 5.74) is 2.82. The molecule has 46 heavy (non-hydrogen) atoms. The summed E-state index contributed by atoms with van der Waals surface area (Å²) < 4.78 is 15.3. The van der Waals surface area contributed by atoms with Crippen LogP contribution in [0.25, 0.3) is 10.4 Å². The maximum Gasteiger partial charge on any atom is 0.246 e. The number of piperidine rings is 1. The van der Waals surface area contributed by atoms with Crippen molar-refractivity contribution in [3.05, 3.63) is 41.0 Å². The molecule has 4 N–H and O–H groups in total. The number of thiazole rings is 1. The molecular weight excluding hydrogens is 607 g/mol. The van der Waals surface area contributed by atoms with E-state index in [0.29, 0.717) is 12.3 Å². The Morgan fingerprint density at radius 2 is 1.83 bits per heavy atom. The fourth-order valence-electron chi connectivity index (χ4n) is 7.02. The number of β-amino-alcohol motifs (C(OH)–C–C–N with tert-alkyl or cyclic N) is 1. The highest BCUT2D eigenvalue weighted by Crippen LogP contribution is 2.35. The topological polar surface area (TPSA) is 127 Å². The van der Waals surface area contributed by atoms with Crippen molar-refractivity contribution in [3.8, 4) is 10.4 Å². The number of halogens is 1. The van der Waals surface area contributed by atoms with Crippen LogP contribution in [-0.4, -0.2) is 101 Å². The van der Waals surface area contributed by atoms with Gasteiger partial charge in [-0.1, -0.05) is 45.0 Å². The Hall–Kier alpha value is -2.93. The molecule has 4 atom stereocenters. The Morgan fingerprint density at radius 3 is 2.43 bits per heavy atom.